The van der Waals surface area contributed by atoms with Crippen molar-refractivity contribution in [3.63, 3.8) is 0 Å². The molecule has 0 spiro atoms. The number of rotatable bonds is 8. The van der Waals surface area contributed by atoms with Gasteiger partial charge in [0.1, 0.15) is 5.75 Å². The Morgan fingerprint density at radius 3 is 2.41 bits per heavy atom. The van der Waals surface area contributed by atoms with E-state index in [9.17, 15) is 9.59 Å². The molecule has 0 fully saturated rings. The fraction of sp³-hybridized carbons (Fsp3) is 0.529. The van der Waals surface area contributed by atoms with Gasteiger partial charge in [-0.2, -0.15) is 0 Å². The van der Waals surface area contributed by atoms with E-state index in [0.717, 1.165) is 12.8 Å². The third-order valence-corrected chi connectivity index (χ3v) is 3.84. The summed E-state index contributed by atoms with van der Waals surface area (Å²) in [5, 5.41) is 9.15. The molecule has 1 atom stereocenters. The first kappa shape index (κ1) is 18.0. The van der Waals surface area contributed by atoms with Gasteiger partial charge in [0.25, 0.3) is 0 Å². The average molecular weight is 307 g/mol. The van der Waals surface area contributed by atoms with Crippen LogP contribution in [0.1, 0.15) is 33.6 Å². The summed E-state index contributed by atoms with van der Waals surface area (Å²) in [6, 6.07) is 7.16. The molecule has 0 saturated carbocycles. The number of carbonyl (C=O) groups is 2. The molecule has 1 N–H and O–H groups in total. The first-order valence-corrected chi connectivity index (χ1v) is 7.62. The zero-order chi connectivity index (χ0) is 16.7. The van der Waals surface area contributed by atoms with Crippen molar-refractivity contribution in [2.45, 2.75) is 33.6 Å². The van der Waals surface area contributed by atoms with Gasteiger partial charge in [0.2, 0.25) is 5.91 Å². The zero-order valence-electron chi connectivity index (χ0n) is 13.7. The lowest BCUT2D eigenvalue weighted by Gasteiger charge is -2.28. The molecule has 0 saturated heterocycles. The molecule has 0 radical (unpaired) electrons. The fourth-order valence-electron chi connectivity index (χ4n) is 2.31. The quantitative estimate of drug-likeness (QED) is 0.801. The first-order chi connectivity index (χ1) is 10.4. The summed E-state index contributed by atoms with van der Waals surface area (Å²) in [5.41, 5.74) is 0.671. The second-order valence-electron chi connectivity index (χ2n) is 5.40. The molecule has 1 unspecified atom stereocenters. The second-order valence-corrected chi connectivity index (χ2v) is 5.40. The number of methoxy groups -OCH3 is 1. The van der Waals surface area contributed by atoms with E-state index in [1.807, 2.05) is 13.8 Å². The monoisotopic (exact) mass is 307 g/mol. The van der Waals surface area contributed by atoms with Gasteiger partial charge >= 0.3 is 5.97 Å². The molecule has 0 bridgehead atoms. The molecule has 0 aliphatic rings. The van der Waals surface area contributed by atoms with Crippen LogP contribution in [0, 0.1) is 11.8 Å². The number of hydrogen-bond acceptors (Lipinski definition) is 3. The second kappa shape index (κ2) is 8.41. The van der Waals surface area contributed by atoms with E-state index in [0.29, 0.717) is 11.4 Å². The predicted octanol–water partition coefficient (Wildman–Crippen LogP) is 3.19. The normalized spacial score (nSPS) is 12.0. The van der Waals surface area contributed by atoms with E-state index in [-0.39, 0.29) is 18.4 Å². The number of carbonyl (C=O) groups excluding carboxylic acids is 1. The molecule has 1 aromatic carbocycles. The van der Waals surface area contributed by atoms with Crippen molar-refractivity contribution in [3.05, 3.63) is 24.3 Å². The minimum Gasteiger partial charge on any atom is -0.497 e. The van der Waals surface area contributed by atoms with Gasteiger partial charge in [0, 0.05) is 24.2 Å². The summed E-state index contributed by atoms with van der Waals surface area (Å²) in [4.78, 5) is 25.5. The van der Waals surface area contributed by atoms with Gasteiger partial charge in [0.15, 0.2) is 0 Å². The molecular weight excluding hydrogens is 282 g/mol. The Labute approximate surface area is 131 Å². The molecule has 0 heterocycles. The van der Waals surface area contributed by atoms with Crippen molar-refractivity contribution < 1.29 is 19.4 Å². The topological polar surface area (TPSA) is 66.8 Å². The Bertz CT molecular complexity index is 511. The van der Waals surface area contributed by atoms with Crippen LogP contribution in [-0.2, 0) is 9.59 Å². The zero-order valence-corrected chi connectivity index (χ0v) is 13.7. The van der Waals surface area contributed by atoms with Crippen molar-refractivity contribution in [3.8, 4) is 5.75 Å². The molecule has 122 valence electrons. The minimum atomic E-state index is -0.912. The highest BCUT2D eigenvalue weighted by Gasteiger charge is 2.26. The van der Waals surface area contributed by atoms with Crippen LogP contribution in [0.2, 0.25) is 0 Å². The summed E-state index contributed by atoms with van der Waals surface area (Å²) in [7, 11) is 1.56. The first-order valence-electron chi connectivity index (χ1n) is 7.62. The van der Waals surface area contributed by atoms with Gasteiger partial charge in [-0.1, -0.05) is 26.8 Å². The Morgan fingerprint density at radius 2 is 1.91 bits per heavy atom. The smallest absolute Gasteiger partial charge is 0.308 e. The Morgan fingerprint density at radius 1 is 1.27 bits per heavy atom. The van der Waals surface area contributed by atoms with Gasteiger partial charge in [0.05, 0.1) is 13.0 Å². The van der Waals surface area contributed by atoms with Crippen LogP contribution in [-0.4, -0.2) is 30.6 Å². The van der Waals surface area contributed by atoms with Crippen molar-refractivity contribution in [1.82, 2.24) is 0 Å². The SMILES string of the molecule is CCC(CC)C(=O)N(CC(C)C(=O)O)c1cccc(OC)c1. The molecule has 1 amide bonds. The molecule has 0 aromatic heterocycles. The Hall–Kier alpha value is -2.04. The molecule has 1 rings (SSSR count). The van der Waals surface area contributed by atoms with Gasteiger partial charge in [-0.25, -0.2) is 0 Å². The number of carboxylic acids is 1. The predicted molar refractivity (Wildman–Crippen MR) is 86.2 cm³/mol. The Kier molecular flexibility index (Phi) is 6.89. The van der Waals surface area contributed by atoms with E-state index in [1.54, 1.807) is 43.2 Å². The minimum absolute atomic E-state index is 0.0358. The van der Waals surface area contributed by atoms with Crippen molar-refractivity contribution >= 4 is 17.6 Å². The van der Waals surface area contributed by atoms with Gasteiger partial charge < -0.3 is 14.7 Å². The molecule has 5 heteroatoms. The van der Waals surface area contributed by atoms with Gasteiger partial charge in [-0.3, -0.25) is 9.59 Å². The summed E-state index contributed by atoms with van der Waals surface area (Å²) < 4.78 is 5.20. The maximum Gasteiger partial charge on any atom is 0.308 e. The highest BCUT2D eigenvalue weighted by molar-refractivity contribution is 5.95. The lowest BCUT2D eigenvalue weighted by atomic mass is 10.00. The van der Waals surface area contributed by atoms with E-state index in [2.05, 4.69) is 0 Å². The summed E-state index contributed by atoms with van der Waals surface area (Å²) in [6.45, 7) is 5.69. The average Bonchev–Trinajstić information content (AvgIpc) is 2.53. The highest BCUT2D eigenvalue weighted by Crippen LogP contribution is 2.25. The van der Waals surface area contributed by atoms with E-state index < -0.39 is 11.9 Å². The number of carboxylic acid groups (broad SMARTS) is 1. The summed E-state index contributed by atoms with van der Waals surface area (Å²) in [6.07, 6.45) is 1.47. The molecule has 5 nitrogen and oxygen atoms in total. The van der Waals surface area contributed by atoms with Crippen LogP contribution in [0.4, 0.5) is 5.69 Å². The molecule has 22 heavy (non-hydrogen) atoms. The standard InChI is InChI=1S/C17H25NO4/c1-5-13(6-2)16(19)18(11-12(3)17(20)21)14-8-7-9-15(10-14)22-4/h7-10,12-13H,5-6,11H2,1-4H3,(H,20,21). The van der Waals surface area contributed by atoms with Crippen LogP contribution in [0.25, 0.3) is 0 Å². The van der Waals surface area contributed by atoms with E-state index in [1.165, 1.54) is 0 Å². The number of nitrogens with zero attached hydrogens (tertiary/aromatic N) is 1. The molecule has 0 aliphatic carbocycles. The fourth-order valence-corrected chi connectivity index (χ4v) is 2.31. The largest absolute Gasteiger partial charge is 0.497 e. The van der Waals surface area contributed by atoms with Crippen molar-refractivity contribution in [1.29, 1.82) is 0 Å². The van der Waals surface area contributed by atoms with Crippen LogP contribution in [0.15, 0.2) is 24.3 Å². The third kappa shape index (κ3) is 4.48. The van der Waals surface area contributed by atoms with E-state index in [4.69, 9.17) is 9.84 Å². The number of aliphatic carboxylic acids is 1. The number of anilines is 1. The number of amides is 1. The maximum absolute atomic E-state index is 12.8. The highest BCUT2D eigenvalue weighted by atomic mass is 16.5. The molecule has 0 aliphatic heterocycles. The number of benzene rings is 1. The number of ether oxygens (including phenoxy) is 1. The van der Waals surface area contributed by atoms with Crippen molar-refractivity contribution in [2.24, 2.45) is 11.8 Å². The third-order valence-electron chi connectivity index (χ3n) is 3.84. The van der Waals surface area contributed by atoms with E-state index >= 15 is 0 Å². The maximum atomic E-state index is 12.8. The van der Waals surface area contributed by atoms with Crippen molar-refractivity contribution in [2.75, 3.05) is 18.6 Å². The van der Waals surface area contributed by atoms with Gasteiger partial charge in [-0.05, 0) is 25.0 Å². The van der Waals surface area contributed by atoms with Crippen LogP contribution in [0.5, 0.6) is 5.75 Å². The number of hydrogen-bond donors (Lipinski definition) is 1. The molecular formula is C17H25NO4. The lowest BCUT2D eigenvalue weighted by Crippen LogP contribution is -2.40. The molecule has 1 aromatic rings. The van der Waals surface area contributed by atoms with Gasteiger partial charge in [-0.15, -0.1) is 0 Å². The summed E-state index contributed by atoms with van der Waals surface area (Å²) in [5.74, 6) is -1.05. The summed E-state index contributed by atoms with van der Waals surface area (Å²) >= 11 is 0. The van der Waals surface area contributed by atoms with Crippen LogP contribution < -0.4 is 9.64 Å². The van der Waals surface area contributed by atoms with Crippen LogP contribution >= 0.6 is 0 Å². The van der Waals surface area contributed by atoms with Crippen LogP contribution in [0.3, 0.4) is 0 Å². The lowest BCUT2D eigenvalue weighted by molar-refractivity contribution is -0.140. The Balaban J connectivity index is 3.14.